The molecule has 3 aromatic carbocycles. The van der Waals surface area contributed by atoms with Gasteiger partial charge in [0, 0.05) is 13.0 Å². The van der Waals surface area contributed by atoms with E-state index in [4.69, 9.17) is 14.2 Å². The number of para-hydroxylation sites is 1. The second-order valence-electron chi connectivity index (χ2n) is 8.71. The first-order chi connectivity index (χ1) is 19.0. The highest BCUT2D eigenvalue weighted by molar-refractivity contribution is 5.86. The van der Waals surface area contributed by atoms with Gasteiger partial charge in [-0.25, -0.2) is 14.2 Å². The highest BCUT2D eigenvalue weighted by Crippen LogP contribution is 2.27. The number of hydrogen-bond acceptors (Lipinski definition) is 6. The summed E-state index contributed by atoms with van der Waals surface area (Å²) in [6, 6.07) is 25.3. The van der Waals surface area contributed by atoms with E-state index in [0.717, 1.165) is 18.4 Å². The predicted octanol–water partition coefficient (Wildman–Crippen LogP) is 5.49. The van der Waals surface area contributed by atoms with Crippen molar-refractivity contribution >= 4 is 18.0 Å². The zero-order valence-electron chi connectivity index (χ0n) is 21.9. The lowest BCUT2D eigenvalue weighted by Crippen LogP contribution is -2.21. The lowest BCUT2D eigenvalue weighted by Gasteiger charge is -2.16. The van der Waals surface area contributed by atoms with Crippen LogP contribution in [0.15, 0.2) is 95.8 Å². The van der Waals surface area contributed by atoms with Gasteiger partial charge in [0.15, 0.2) is 0 Å². The number of benzene rings is 3. The minimum Gasteiger partial charge on any atom is -0.440 e. The average Bonchev–Trinajstić information content (AvgIpc) is 3.22. The number of carbonyl (C=O) groups is 2. The Morgan fingerprint density at radius 2 is 1.49 bits per heavy atom. The van der Waals surface area contributed by atoms with E-state index in [-0.39, 0.29) is 18.2 Å². The summed E-state index contributed by atoms with van der Waals surface area (Å²) in [5.74, 6) is -0.354. The molecule has 0 unspecified atom stereocenters. The Morgan fingerprint density at radius 1 is 0.846 bits per heavy atom. The second-order valence-corrected chi connectivity index (χ2v) is 8.71. The predicted molar refractivity (Wildman–Crippen MR) is 148 cm³/mol. The number of esters is 2. The van der Waals surface area contributed by atoms with Crippen LogP contribution in [-0.4, -0.2) is 28.1 Å². The first-order valence-corrected chi connectivity index (χ1v) is 12.7. The van der Waals surface area contributed by atoms with E-state index in [1.807, 2.05) is 67.6 Å². The van der Waals surface area contributed by atoms with Crippen LogP contribution in [0.2, 0.25) is 0 Å². The van der Waals surface area contributed by atoms with Crippen molar-refractivity contribution in [1.29, 1.82) is 0 Å². The third kappa shape index (κ3) is 6.93. The molecule has 0 N–H and O–H groups in total. The molecule has 0 aliphatic heterocycles. The third-order valence-corrected chi connectivity index (χ3v) is 5.83. The molecular formula is C31H30N2O6. The molecule has 0 bridgehead atoms. The van der Waals surface area contributed by atoms with Gasteiger partial charge in [-0.15, -0.1) is 0 Å². The van der Waals surface area contributed by atoms with Crippen LogP contribution in [0.1, 0.15) is 37.8 Å². The number of nitrogens with zero attached hydrogens (tertiary/aromatic N) is 2. The minimum atomic E-state index is -0.573. The maximum atomic E-state index is 13.7. The monoisotopic (exact) mass is 526 g/mol. The number of rotatable bonds is 11. The van der Waals surface area contributed by atoms with Crippen molar-refractivity contribution in [2.24, 2.45) is 0 Å². The van der Waals surface area contributed by atoms with Gasteiger partial charge in [0.05, 0.1) is 16.9 Å². The molecule has 4 rings (SSSR count). The van der Waals surface area contributed by atoms with E-state index < -0.39 is 11.9 Å². The van der Waals surface area contributed by atoms with Crippen LogP contribution in [0.4, 0.5) is 0 Å². The summed E-state index contributed by atoms with van der Waals surface area (Å²) in [6.45, 7) is 2.98. The molecule has 1 aromatic heterocycles. The molecule has 0 fully saturated rings. The fourth-order valence-corrected chi connectivity index (χ4v) is 4.02. The summed E-state index contributed by atoms with van der Waals surface area (Å²) in [7, 11) is 0. The van der Waals surface area contributed by atoms with Gasteiger partial charge in [0.25, 0.3) is 5.56 Å². The van der Waals surface area contributed by atoms with Gasteiger partial charge in [-0.1, -0.05) is 61.9 Å². The standard InChI is InChI=1S/C31H30N2O6/c1-3-4-15-28-30(36)32(25-13-9-6-10-14-25)33(26-17-19-27(20-18-26)39-23(2)34)31(28)38-22-37-29(35)21-16-24-11-7-5-8-12-24/h5-14,16-21H,3-4,15,22H2,1-2H3. The number of carbonyl (C=O) groups excluding carboxylic acids is 2. The third-order valence-electron chi connectivity index (χ3n) is 5.83. The van der Waals surface area contributed by atoms with Crippen LogP contribution in [0.5, 0.6) is 11.6 Å². The van der Waals surface area contributed by atoms with Crippen molar-refractivity contribution in [2.75, 3.05) is 6.79 Å². The lowest BCUT2D eigenvalue weighted by atomic mass is 10.1. The van der Waals surface area contributed by atoms with Crippen LogP contribution >= 0.6 is 0 Å². The number of ether oxygens (including phenoxy) is 3. The highest BCUT2D eigenvalue weighted by Gasteiger charge is 2.24. The smallest absolute Gasteiger partial charge is 0.333 e. The Hall–Kier alpha value is -4.85. The van der Waals surface area contributed by atoms with Gasteiger partial charge in [-0.05, 0) is 60.9 Å². The maximum Gasteiger partial charge on any atom is 0.333 e. The number of hydrogen-bond donors (Lipinski definition) is 0. The molecule has 0 aliphatic carbocycles. The zero-order valence-corrected chi connectivity index (χ0v) is 21.9. The molecule has 0 amide bonds. The van der Waals surface area contributed by atoms with E-state index in [2.05, 4.69) is 0 Å². The van der Waals surface area contributed by atoms with Crippen molar-refractivity contribution in [1.82, 2.24) is 9.36 Å². The van der Waals surface area contributed by atoms with Crippen molar-refractivity contribution in [3.8, 4) is 23.0 Å². The molecule has 200 valence electrons. The van der Waals surface area contributed by atoms with Gasteiger partial charge < -0.3 is 14.2 Å². The van der Waals surface area contributed by atoms with Crippen molar-refractivity contribution in [3.05, 3.63) is 112 Å². The van der Waals surface area contributed by atoms with Gasteiger partial charge in [0.1, 0.15) is 5.75 Å². The lowest BCUT2D eigenvalue weighted by molar-refractivity contribution is -0.144. The van der Waals surface area contributed by atoms with E-state index in [0.29, 0.717) is 29.1 Å². The van der Waals surface area contributed by atoms with Crippen LogP contribution in [0.25, 0.3) is 17.5 Å². The van der Waals surface area contributed by atoms with E-state index in [9.17, 15) is 14.4 Å². The van der Waals surface area contributed by atoms with E-state index >= 15 is 0 Å². The van der Waals surface area contributed by atoms with Crippen molar-refractivity contribution in [2.45, 2.75) is 33.1 Å². The second kappa shape index (κ2) is 13.1. The molecule has 0 spiro atoms. The summed E-state index contributed by atoms with van der Waals surface area (Å²) in [5.41, 5.74) is 2.34. The molecule has 0 radical (unpaired) electrons. The van der Waals surface area contributed by atoms with Crippen LogP contribution in [0, 0.1) is 0 Å². The van der Waals surface area contributed by atoms with Crippen LogP contribution in [0.3, 0.4) is 0 Å². The molecule has 8 nitrogen and oxygen atoms in total. The first-order valence-electron chi connectivity index (χ1n) is 12.7. The highest BCUT2D eigenvalue weighted by atomic mass is 16.7. The Bertz CT molecular complexity index is 1490. The summed E-state index contributed by atoms with van der Waals surface area (Å²) in [6.07, 6.45) is 5.12. The summed E-state index contributed by atoms with van der Waals surface area (Å²) >= 11 is 0. The topological polar surface area (TPSA) is 88.8 Å². The molecular weight excluding hydrogens is 496 g/mol. The SMILES string of the molecule is CCCCc1c(OCOC(=O)C=Cc2ccccc2)n(-c2ccc(OC(C)=O)cc2)n(-c2ccccc2)c1=O. The first kappa shape index (κ1) is 27.2. The normalized spacial score (nSPS) is 10.9. The minimum absolute atomic E-state index is 0.232. The van der Waals surface area contributed by atoms with Crippen molar-refractivity contribution in [3.63, 3.8) is 0 Å². The quantitative estimate of drug-likeness (QED) is 0.111. The van der Waals surface area contributed by atoms with E-state index in [1.165, 1.54) is 17.7 Å². The van der Waals surface area contributed by atoms with Gasteiger partial charge in [-0.3, -0.25) is 9.59 Å². The molecule has 39 heavy (non-hydrogen) atoms. The van der Waals surface area contributed by atoms with Crippen LogP contribution in [-0.2, 0) is 20.7 Å². The fourth-order valence-electron chi connectivity index (χ4n) is 4.02. The Balaban J connectivity index is 1.69. The molecule has 1 heterocycles. The Morgan fingerprint density at radius 3 is 2.13 bits per heavy atom. The number of aromatic nitrogens is 2. The summed E-state index contributed by atoms with van der Waals surface area (Å²) in [4.78, 5) is 37.4. The molecule has 0 aliphatic rings. The molecule has 0 saturated heterocycles. The van der Waals surface area contributed by atoms with Gasteiger partial charge in [0.2, 0.25) is 12.7 Å². The Kier molecular flexibility index (Phi) is 9.13. The van der Waals surface area contributed by atoms with Crippen molar-refractivity contribution < 1.29 is 23.8 Å². The molecule has 0 atom stereocenters. The maximum absolute atomic E-state index is 13.7. The average molecular weight is 527 g/mol. The van der Waals surface area contributed by atoms with Crippen LogP contribution < -0.4 is 15.0 Å². The molecule has 8 heteroatoms. The van der Waals surface area contributed by atoms with Gasteiger partial charge >= 0.3 is 11.9 Å². The number of unbranched alkanes of at least 4 members (excludes halogenated alkanes) is 1. The zero-order chi connectivity index (χ0) is 27.6. The Labute approximate surface area is 226 Å². The summed E-state index contributed by atoms with van der Waals surface area (Å²) < 4.78 is 19.6. The molecule has 4 aromatic rings. The summed E-state index contributed by atoms with van der Waals surface area (Å²) in [5, 5.41) is 0. The fraction of sp³-hybridized carbons (Fsp3) is 0.194. The molecule has 0 saturated carbocycles. The largest absolute Gasteiger partial charge is 0.440 e. The van der Waals surface area contributed by atoms with Gasteiger partial charge in [-0.2, -0.15) is 0 Å². The van der Waals surface area contributed by atoms with E-state index in [1.54, 1.807) is 35.0 Å².